The van der Waals surface area contributed by atoms with Crippen molar-refractivity contribution < 1.29 is 13.6 Å². The summed E-state index contributed by atoms with van der Waals surface area (Å²) in [7, 11) is 0. The molecule has 3 nitrogen and oxygen atoms in total. The Hall–Kier alpha value is -0.780. The highest BCUT2D eigenvalue weighted by atomic mass is 32.1. The lowest BCUT2D eigenvalue weighted by Gasteiger charge is -2.33. The number of rotatable bonds is 4. The number of hydrogen-bond acceptors (Lipinski definition) is 2. The molecule has 0 heterocycles. The zero-order valence-electron chi connectivity index (χ0n) is 10.8. The number of halogens is 2. The number of amides is 1. The lowest BCUT2D eigenvalue weighted by atomic mass is 9.85. The van der Waals surface area contributed by atoms with Gasteiger partial charge in [-0.1, -0.05) is 12.2 Å². The largest absolute Gasteiger partial charge is 0.392 e. The molecular weight excluding hydrogens is 258 g/mol. The van der Waals surface area contributed by atoms with Crippen molar-refractivity contribution in [3.8, 4) is 0 Å². The molecule has 1 rings (SSSR count). The first-order valence-electron chi connectivity index (χ1n) is 6.19. The van der Waals surface area contributed by atoms with E-state index in [1.54, 1.807) is 4.90 Å². The lowest BCUT2D eigenvalue weighted by Crippen LogP contribution is -2.46. The van der Waals surface area contributed by atoms with Gasteiger partial charge in [-0.25, -0.2) is 8.78 Å². The van der Waals surface area contributed by atoms with E-state index < -0.39 is 5.92 Å². The first kappa shape index (κ1) is 15.3. The summed E-state index contributed by atoms with van der Waals surface area (Å²) in [6, 6.07) is -0.0264. The van der Waals surface area contributed by atoms with Gasteiger partial charge in [0.1, 0.15) is 0 Å². The van der Waals surface area contributed by atoms with Crippen LogP contribution in [0.15, 0.2) is 0 Å². The van der Waals surface area contributed by atoms with Crippen LogP contribution in [0.5, 0.6) is 0 Å². The van der Waals surface area contributed by atoms with Crippen LogP contribution in [0.25, 0.3) is 0 Å². The quantitative estimate of drug-likeness (QED) is 0.803. The van der Waals surface area contributed by atoms with Crippen molar-refractivity contribution in [3.05, 3.63) is 0 Å². The third kappa shape index (κ3) is 4.15. The van der Waals surface area contributed by atoms with Crippen LogP contribution in [0.3, 0.4) is 0 Å². The van der Waals surface area contributed by atoms with Crippen LogP contribution in [0.4, 0.5) is 8.78 Å². The number of carbonyl (C=O) groups is 1. The van der Waals surface area contributed by atoms with Gasteiger partial charge < -0.3 is 10.6 Å². The van der Waals surface area contributed by atoms with Gasteiger partial charge in [0.05, 0.1) is 11.5 Å². The molecule has 0 unspecified atom stereocenters. The van der Waals surface area contributed by atoms with Gasteiger partial charge in [0.25, 0.3) is 0 Å². The van der Waals surface area contributed by atoms with Crippen LogP contribution in [-0.2, 0) is 4.79 Å². The first-order valence-corrected chi connectivity index (χ1v) is 6.60. The average Bonchev–Trinajstić information content (AvgIpc) is 2.24. The van der Waals surface area contributed by atoms with Crippen molar-refractivity contribution >= 4 is 23.1 Å². The lowest BCUT2D eigenvalue weighted by molar-refractivity contribution is -0.140. The molecule has 0 aliphatic heterocycles. The Morgan fingerprint density at radius 3 is 2.33 bits per heavy atom. The monoisotopic (exact) mass is 278 g/mol. The molecule has 0 aromatic rings. The molecule has 1 fully saturated rings. The molecule has 0 aromatic carbocycles. The maximum absolute atomic E-state index is 13.0. The molecule has 1 amide bonds. The van der Waals surface area contributed by atoms with E-state index in [0.717, 1.165) is 0 Å². The van der Waals surface area contributed by atoms with Crippen molar-refractivity contribution in [1.29, 1.82) is 0 Å². The summed E-state index contributed by atoms with van der Waals surface area (Å²) in [4.78, 5) is 14.1. The zero-order valence-corrected chi connectivity index (χ0v) is 11.6. The Morgan fingerprint density at radius 2 is 1.94 bits per heavy atom. The fourth-order valence-electron chi connectivity index (χ4n) is 2.20. The maximum atomic E-state index is 13.0. The number of alkyl halides is 2. The van der Waals surface area contributed by atoms with Crippen LogP contribution in [0.2, 0.25) is 0 Å². The predicted molar refractivity (Wildman–Crippen MR) is 70.5 cm³/mol. The molecule has 0 radical (unpaired) electrons. The molecule has 1 saturated carbocycles. The molecule has 18 heavy (non-hydrogen) atoms. The standard InChI is InChI=1S/C12H20F2N2OS/c1-8(2)16(7-10(15)18)11(17)9-3-5-12(13,14)6-4-9/h8-9H,3-7H2,1-2H3,(H2,15,18). The Morgan fingerprint density at radius 1 is 1.44 bits per heavy atom. The first-order chi connectivity index (χ1) is 8.23. The average molecular weight is 278 g/mol. The number of thiocarbonyl (C=S) groups is 1. The normalized spacial score (nSPS) is 19.8. The van der Waals surface area contributed by atoms with Crippen LogP contribution in [0.1, 0.15) is 39.5 Å². The highest BCUT2D eigenvalue weighted by Gasteiger charge is 2.38. The van der Waals surface area contributed by atoms with Gasteiger partial charge in [0.15, 0.2) is 0 Å². The topological polar surface area (TPSA) is 46.3 Å². The van der Waals surface area contributed by atoms with E-state index in [1.807, 2.05) is 13.8 Å². The van der Waals surface area contributed by atoms with Crippen molar-refractivity contribution in [2.24, 2.45) is 11.7 Å². The van der Waals surface area contributed by atoms with Gasteiger partial charge in [-0.2, -0.15) is 0 Å². The molecule has 1 aliphatic carbocycles. The molecular formula is C12H20F2N2OS. The van der Waals surface area contributed by atoms with Crippen molar-refractivity contribution in [3.63, 3.8) is 0 Å². The molecule has 0 bridgehead atoms. The second kappa shape index (κ2) is 5.91. The van der Waals surface area contributed by atoms with E-state index in [9.17, 15) is 13.6 Å². The Labute approximate surface area is 112 Å². The van der Waals surface area contributed by atoms with Gasteiger partial charge >= 0.3 is 0 Å². The second-order valence-electron chi connectivity index (χ2n) is 5.16. The molecule has 0 atom stereocenters. The highest BCUT2D eigenvalue weighted by Crippen LogP contribution is 2.36. The summed E-state index contributed by atoms with van der Waals surface area (Å²) in [5.74, 6) is -3.03. The summed E-state index contributed by atoms with van der Waals surface area (Å²) >= 11 is 4.81. The van der Waals surface area contributed by atoms with Gasteiger partial charge in [-0.15, -0.1) is 0 Å². The van der Waals surface area contributed by atoms with Crippen LogP contribution in [0, 0.1) is 5.92 Å². The summed E-state index contributed by atoms with van der Waals surface area (Å²) in [6.45, 7) is 3.96. The maximum Gasteiger partial charge on any atom is 0.248 e. The second-order valence-corrected chi connectivity index (χ2v) is 5.68. The third-order valence-corrected chi connectivity index (χ3v) is 3.43. The van der Waals surface area contributed by atoms with Gasteiger partial charge in [0.2, 0.25) is 11.8 Å². The van der Waals surface area contributed by atoms with Gasteiger partial charge in [-0.3, -0.25) is 4.79 Å². The Bertz CT molecular complexity index is 324. The molecule has 2 N–H and O–H groups in total. The van der Waals surface area contributed by atoms with Gasteiger partial charge in [-0.05, 0) is 26.7 Å². The highest BCUT2D eigenvalue weighted by molar-refractivity contribution is 7.80. The number of carbonyl (C=O) groups excluding carboxylic acids is 1. The van der Waals surface area contributed by atoms with Crippen molar-refractivity contribution in [2.75, 3.05) is 6.54 Å². The van der Waals surface area contributed by atoms with Crippen LogP contribution < -0.4 is 5.73 Å². The fraction of sp³-hybridized carbons (Fsp3) is 0.833. The molecule has 0 saturated heterocycles. The zero-order chi connectivity index (χ0) is 13.9. The van der Waals surface area contributed by atoms with Crippen molar-refractivity contribution in [2.45, 2.75) is 51.5 Å². The van der Waals surface area contributed by atoms with E-state index in [0.29, 0.717) is 0 Å². The Kier molecular flexibility index (Phi) is 5.01. The molecule has 1 aliphatic rings. The summed E-state index contributed by atoms with van der Waals surface area (Å²) in [5.41, 5.74) is 5.46. The van der Waals surface area contributed by atoms with Crippen molar-refractivity contribution in [1.82, 2.24) is 4.90 Å². The SMILES string of the molecule is CC(C)N(CC(N)=S)C(=O)C1CCC(F)(F)CC1. The summed E-state index contributed by atoms with van der Waals surface area (Å²) in [6.07, 6.45) is 0.0730. The van der Waals surface area contributed by atoms with Crippen LogP contribution >= 0.6 is 12.2 Å². The predicted octanol–water partition coefficient (Wildman–Crippen LogP) is 2.34. The Balaban J connectivity index is 2.64. The third-order valence-electron chi connectivity index (χ3n) is 3.30. The minimum Gasteiger partial charge on any atom is -0.392 e. The molecule has 0 spiro atoms. The van der Waals surface area contributed by atoms with Gasteiger partial charge in [0, 0.05) is 24.8 Å². The number of hydrogen-bond donors (Lipinski definition) is 1. The molecule has 6 heteroatoms. The number of nitrogens with two attached hydrogens (primary N) is 1. The summed E-state index contributed by atoms with van der Waals surface area (Å²) < 4.78 is 26.1. The van der Waals surface area contributed by atoms with E-state index in [-0.39, 0.29) is 55.1 Å². The molecule has 104 valence electrons. The summed E-state index contributed by atoms with van der Waals surface area (Å²) in [5, 5.41) is 0. The van der Waals surface area contributed by atoms with E-state index in [1.165, 1.54) is 0 Å². The minimum atomic E-state index is -2.61. The van der Waals surface area contributed by atoms with E-state index >= 15 is 0 Å². The number of nitrogens with zero attached hydrogens (tertiary/aromatic N) is 1. The molecule has 0 aromatic heterocycles. The van der Waals surface area contributed by atoms with E-state index in [2.05, 4.69) is 0 Å². The fourth-order valence-corrected chi connectivity index (χ4v) is 2.34. The van der Waals surface area contributed by atoms with E-state index in [4.69, 9.17) is 18.0 Å². The smallest absolute Gasteiger partial charge is 0.248 e. The minimum absolute atomic E-state index is 0.0264. The van der Waals surface area contributed by atoms with Crippen LogP contribution in [-0.4, -0.2) is 34.3 Å².